The summed E-state index contributed by atoms with van der Waals surface area (Å²) in [4.78, 5) is 17.0. The number of carbonyl (C=O) groups is 1. The quantitative estimate of drug-likeness (QED) is 0.606. The summed E-state index contributed by atoms with van der Waals surface area (Å²) in [5, 5.41) is 3.13. The minimum absolute atomic E-state index is 0. The van der Waals surface area contributed by atoms with Gasteiger partial charge >= 0.3 is 0 Å². The zero-order chi connectivity index (χ0) is 18.1. The number of oxazole rings is 1. The minimum Gasteiger partial charge on any atom is -0.459 e. The number of nitrogen functional groups attached to an aromatic ring is 1. The molecule has 0 spiro atoms. The molecule has 0 aliphatic heterocycles. The van der Waals surface area contributed by atoms with E-state index in [1.807, 2.05) is 18.2 Å². The molecule has 2 heterocycles. The normalized spacial score (nSPS) is 15.1. The predicted octanol–water partition coefficient (Wildman–Crippen LogP) is 4.41. The molecule has 2 aromatic heterocycles. The Morgan fingerprint density at radius 1 is 1.32 bits per heavy atom. The van der Waals surface area contributed by atoms with Crippen LogP contribution in [0.2, 0.25) is 0 Å². The van der Waals surface area contributed by atoms with E-state index < -0.39 is 0 Å². The average molecular weight is 424 g/mol. The number of aryl methyl sites for hydroxylation is 2. The summed E-state index contributed by atoms with van der Waals surface area (Å²) >= 11 is 0. The number of nitrogens with zero attached hydrogens (tertiary/aromatic N) is 1. The van der Waals surface area contributed by atoms with Crippen molar-refractivity contribution in [1.29, 1.82) is 0 Å². The molecular weight excluding hydrogens is 401 g/mol. The number of amides is 1. The first kappa shape index (κ1) is 21.9. The van der Waals surface area contributed by atoms with Gasteiger partial charge in [-0.25, -0.2) is 4.98 Å². The third kappa shape index (κ3) is 4.51. The van der Waals surface area contributed by atoms with Crippen molar-refractivity contribution < 1.29 is 13.6 Å². The lowest BCUT2D eigenvalue weighted by Crippen LogP contribution is -2.32. The van der Waals surface area contributed by atoms with Gasteiger partial charge in [-0.15, -0.1) is 24.8 Å². The van der Waals surface area contributed by atoms with Gasteiger partial charge in [0.2, 0.25) is 5.91 Å². The average Bonchev–Trinajstić information content (AvgIpc) is 3.25. The van der Waals surface area contributed by atoms with Crippen LogP contribution in [0.25, 0.3) is 11.7 Å². The molecule has 1 aromatic carbocycles. The topological polar surface area (TPSA) is 94.3 Å². The van der Waals surface area contributed by atoms with E-state index in [4.69, 9.17) is 14.6 Å². The Bertz CT molecular complexity index is 938. The van der Waals surface area contributed by atoms with Crippen molar-refractivity contribution >= 4 is 36.4 Å². The van der Waals surface area contributed by atoms with Gasteiger partial charge in [-0.1, -0.05) is 6.07 Å². The lowest BCUT2D eigenvalue weighted by atomic mass is 9.87. The van der Waals surface area contributed by atoms with E-state index in [1.54, 1.807) is 25.3 Å². The van der Waals surface area contributed by atoms with Gasteiger partial charge in [0, 0.05) is 5.69 Å². The van der Waals surface area contributed by atoms with E-state index in [2.05, 4.69) is 10.3 Å². The number of rotatable bonds is 4. The lowest BCUT2D eigenvalue weighted by molar-refractivity contribution is -0.121. The largest absolute Gasteiger partial charge is 0.459 e. The highest BCUT2D eigenvalue weighted by molar-refractivity contribution is 5.85. The van der Waals surface area contributed by atoms with Crippen LogP contribution in [0.1, 0.15) is 41.5 Å². The van der Waals surface area contributed by atoms with Crippen LogP contribution >= 0.6 is 24.8 Å². The first-order valence-corrected chi connectivity index (χ1v) is 8.78. The molecule has 6 nitrogen and oxygen atoms in total. The van der Waals surface area contributed by atoms with E-state index in [-0.39, 0.29) is 43.2 Å². The fourth-order valence-electron chi connectivity index (χ4n) is 3.48. The second-order valence-corrected chi connectivity index (χ2v) is 6.65. The molecule has 8 heteroatoms. The van der Waals surface area contributed by atoms with Crippen LogP contribution < -0.4 is 11.1 Å². The molecule has 1 atom stereocenters. The molecule has 1 aliphatic rings. The van der Waals surface area contributed by atoms with E-state index >= 15 is 0 Å². The second kappa shape index (κ2) is 9.17. The highest BCUT2D eigenvalue weighted by Crippen LogP contribution is 2.31. The number of benzene rings is 1. The van der Waals surface area contributed by atoms with Gasteiger partial charge in [-0.2, -0.15) is 0 Å². The zero-order valence-electron chi connectivity index (χ0n) is 15.4. The highest BCUT2D eigenvalue weighted by Gasteiger charge is 2.23. The predicted molar refractivity (Wildman–Crippen MR) is 112 cm³/mol. The van der Waals surface area contributed by atoms with Crippen LogP contribution in [0.5, 0.6) is 0 Å². The van der Waals surface area contributed by atoms with Crippen molar-refractivity contribution in [3.8, 4) is 11.7 Å². The Hall–Kier alpha value is -2.44. The van der Waals surface area contributed by atoms with Crippen LogP contribution in [0.15, 0.2) is 45.4 Å². The van der Waals surface area contributed by atoms with Gasteiger partial charge in [-0.05, 0) is 61.6 Å². The summed E-state index contributed by atoms with van der Waals surface area (Å²) < 4.78 is 10.9. The highest BCUT2D eigenvalue weighted by atomic mass is 35.5. The van der Waals surface area contributed by atoms with Crippen LogP contribution in [0.4, 0.5) is 5.69 Å². The van der Waals surface area contributed by atoms with Crippen LogP contribution in [0, 0.1) is 6.92 Å². The van der Waals surface area contributed by atoms with Crippen LogP contribution in [-0.4, -0.2) is 10.9 Å². The fraction of sp³-hybridized carbons (Fsp3) is 0.300. The number of furan rings is 1. The van der Waals surface area contributed by atoms with E-state index in [9.17, 15) is 4.79 Å². The number of nitrogens with one attached hydrogen (secondary N) is 1. The van der Waals surface area contributed by atoms with Crippen molar-refractivity contribution in [2.24, 2.45) is 0 Å². The van der Waals surface area contributed by atoms with Crippen molar-refractivity contribution in [1.82, 2.24) is 10.3 Å². The maximum atomic E-state index is 12.6. The summed E-state index contributed by atoms with van der Waals surface area (Å²) in [6, 6.07) is 9.48. The van der Waals surface area contributed by atoms with Gasteiger partial charge in [0.05, 0.1) is 24.4 Å². The van der Waals surface area contributed by atoms with E-state index in [0.29, 0.717) is 23.1 Å². The smallest absolute Gasteiger partial charge is 0.263 e. The van der Waals surface area contributed by atoms with Gasteiger partial charge in [0.25, 0.3) is 5.89 Å². The number of fused-ring (bicyclic) bond motifs is 1. The maximum Gasteiger partial charge on any atom is 0.263 e. The Balaban J connectivity index is 0.00000140. The maximum absolute atomic E-state index is 12.6. The van der Waals surface area contributed by atoms with Gasteiger partial charge in [0.15, 0.2) is 5.76 Å². The minimum atomic E-state index is -0.0675. The summed E-state index contributed by atoms with van der Waals surface area (Å²) in [5.41, 5.74) is 9.65. The van der Waals surface area contributed by atoms with Crippen molar-refractivity contribution in [2.45, 2.75) is 38.6 Å². The van der Waals surface area contributed by atoms with Crippen molar-refractivity contribution in [3.05, 3.63) is 59.2 Å². The number of carbonyl (C=O) groups excluding carboxylic acids is 1. The van der Waals surface area contributed by atoms with E-state index in [1.165, 1.54) is 5.56 Å². The van der Waals surface area contributed by atoms with Gasteiger partial charge in [-0.3, -0.25) is 4.79 Å². The summed E-state index contributed by atoms with van der Waals surface area (Å²) in [6.45, 7) is 1.81. The molecule has 4 rings (SSSR count). The molecule has 3 N–H and O–H groups in total. The third-order valence-electron chi connectivity index (χ3n) is 4.77. The molecule has 1 amide bonds. The molecule has 150 valence electrons. The standard InChI is InChI=1S/C20H21N3O3.2ClH/c1-12-17(23-20(26-12)18-6-3-9-25-18)11-19(24)22-16-5-2-4-13-10-14(21)7-8-15(13)16;;/h3,6-10,16H,2,4-5,11,21H2,1H3,(H,22,24);2*1H. The molecule has 1 unspecified atom stereocenters. The zero-order valence-corrected chi connectivity index (χ0v) is 17.1. The number of anilines is 1. The molecule has 3 aromatic rings. The summed E-state index contributed by atoms with van der Waals surface area (Å²) in [7, 11) is 0. The molecule has 0 saturated heterocycles. The van der Waals surface area contributed by atoms with Crippen molar-refractivity contribution in [2.75, 3.05) is 5.73 Å². The second-order valence-electron chi connectivity index (χ2n) is 6.65. The molecule has 0 saturated carbocycles. The fourth-order valence-corrected chi connectivity index (χ4v) is 3.48. The Kier molecular flexibility index (Phi) is 7.16. The Morgan fingerprint density at radius 2 is 2.14 bits per heavy atom. The molecule has 0 bridgehead atoms. The van der Waals surface area contributed by atoms with Crippen molar-refractivity contribution in [3.63, 3.8) is 0 Å². The third-order valence-corrected chi connectivity index (χ3v) is 4.77. The molecule has 0 fully saturated rings. The summed E-state index contributed by atoms with van der Waals surface area (Å²) in [6.07, 6.45) is 4.71. The molecule has 1 aliphatic carbocycles. The molecule has 28 heavy (non-hydrogen) atoms. The number of hydrogen-bond donors (Lipinski definition) is 2. The number of halogens is 2. The Morgan fingerprint density at radius 3 is 2.89 bits per heavy atom. The van der Waals surface area contributed by atoms with Crippen LogP contribution in [-0.2, 0) is 17.6 Å². The SMILES string of the molecule is Cc1oc(-c2ccco2)nc1CC(=O)NC1CCCc2cc(N)ccc21.Cl.Cl. The molecular formula is C20H23Cl2N3O3. The monoisotopic (exact) mass is 423 g/mol. The number of aromatic nitrogens is 1. The number of nitrogens with two attached hydrogens (primary N) is 1. The van der Waals surface area contributed by atoms with Gasteiger partial charge < -0.3 is 19.9 Å². The first-order valence-electron chi connectivity index (χ1n) is 8.78. The molecule has 0 radical (unpaired) electrons. The first-order chi connectivity index (χ1) is 12.6. The lowest BCUT2D eigenvalue weighted by Gasteiger charge is -2.26. The van der Waals surface area contributed by atoms with Gasteiger partial charge in [0.1, 0.15) is 5.76 Å². The number of hydrogen-bond acceptors (Lipinski definition) is 5. The Labute approximate surface area is 175 Å². The van der Waals surface area contributed by atoms with Crippen LogP contribution in [0.3, 0.4) is 0 Å². The summed E-state index contributed by atoms with van der Waals surface area (Å²) in [5.74, 6) is 1.51. The van der Waals surface area contributed by atoms with E-state index in [0.717, 1.165) is 30.5 Å².